The first-order valence-corrected chi connectivity index (χ1v) is 4.73. The lowest BCUT2D eigenvalue weighted by Crippen LogP contribution is -2.53. The Morgan fingerprint density at radius 2 is 2.07 bits per heavy atom. The lowest BCUT2D eigenvalue weighted by molar-refractivity contribution is -0.167. The summed E-state index contributed by atoms with van der Waals surface area (Å²) < 4.78 is 4.62. The molecule has 0 aliphatic heterocycles. The maximum absolute atomic E-state index is 11.4. The normalized spacial score (nSPS) is 36.4. The van der Waals surface area contributed by atoms with Gasteiger partial charge in [-0.1, -0.05) is 0 Å². The summed E-state index contributed by atoms with van der Waals surface area (Å²) in [7, 11) is 0. The van der Waals surface area contributed by atoms with Crippen molar-refractivity contribution in [2.24, 2.45) is 5.92 Å². The summed E-state index contributed by atoms with van der Waals surface area (Å²) in [4.78, 5) is 22.6. The van der Waals surface area contributed by atoms with Crippen molar-refractivity contribution in [3.05, 3.63) is 0 Å². The SMILES string of the molecule is CCOC(=O)C1C[C@H](O)[C@@H](O)[C@H](O)C1=O. The number of esters is 1. The fraction of sp³-hybridized carbons (Fsp3) is 0.778. The van der Waals surface area contributed by atoms with Gasteiger partial charge in [0, 0.05) is 0 Å². The third kappa shape index (κ3) is 2.34. The van der Waals surface area contributed by atoms with Crippen LogP contribution in [0, 0.1) is 5.92 Å². The van der Waals surface area contributed by atoms with Crippen molar-refractivity contribution < 1.29 is 29.6 Å². The first-order valence-electron chi connectivity index (χ1n) is 4.73. The molecule has 6 nitrogen and oxygen atoms in total. The molecule has 0 radical (unpaired) electrons. The first kappa shape index (κ1) is 12.1. The van der Waals surface area contributed by atoms with Crippen LogP contribution >= 0.6 is 0 Å². The molecule has 3 N–H and O–H groups in total. The molecule has 0 aromatic carbocycles. The highest BCUT2D eigenvalue weighted by atomic mass is 16.5. The first-order chi connectivity index (χ1) is 6.99. The van der Waals surface area contributed by atoms with Crippen molar-refractivity contribution in [2.45, 2.75) is 31.7 Å². The van der Waals surface area contributed by atoms with Crippen molar-refractivity contribution in [1.29, 1.82) is 0 Å². The van der Waals surface area contributed by atoms with Crippen LogP contribution in [0.25, 0.3) is 0 Å². The second-order valence-electron chi connectivity index (χ2n) is 3.45. The third-order valence-electron chi connectivity index (χ3n) is 2.40. The van der Waals surface area contributed by atoms with Gasteiger partial charge in [0.25, 0.3) is 0 Å². The van der Waals surface area contributed by atoms with Crippen molar-refractivity contribution in [3.8, 4) is 0 Å². The Bertz CT molecular complexity index is 263. The van der Waals surface area contributed by atoms with E-state index in [0.717, 1.165) is 0 Å². The van der Waals surface area contributed by atoms with E-state index in [1.807, 2.05) is 0 Å². The van der Waals surface area contributed by atoms with Gasteiger partial charge in [0.2, 0.25) is 0 Å². The fourth-order valence-electron chi connectivity index (χ4n) is 1.54. The standard InChI is InChI=1S/C9H14O6/c1-2-15-9(14)4-3-5(10)7(12)8(13)6(4)11/h4-5,7-8,10,12-13H,2-3H2,1H3/t4?,5-,7+,8+/m0/s1. The number of Topliss-reactive ketones (excluding diaryl/α,β-unsaturated/α-hetero) is 1. The fourth-order valence-corrected chi connectivity index (χ4v) is 1.54. The highest BCUT2D eigenvalue weighted by molar-refractivity contribution is 6.02. The molecule has 0 amide bonds. The van der Waals surface area contributed by atoms with Gasteiger partial charge in [-0.2, -0.15) is 0 Å². The zero-order valence-electron chi connectivity index (χ0n) is 8.29. The summed E-state index contributed by atoms with van der Waals surface area (Å²) >= 11 is 0. The van der Waals surface area contributed by atoms with Crippen LogP contribution in [0.5, 0.6) is 0 Å². The number of aliphatic hydroxyl groups excluding tert-OH is 3. The smallest absolute Gasteiger partial charge is 0.316 e. The molecule has 0 heterocycles. The van der Waals surface area contributed by atoms with Gasteiger partial charge in [0.1, 0.15) is 18.1 Å². The molecule has 1 rings (SSSR count). The van der Waals surface area contributed by atoms with Gasteiger partial charge in [-0.3, -0.25) is 9.59 Å². The zero-order valence-corrected chi connectivity index (χ0v) is 8.29. The van der Waals surface area contributed by atoms with Crippen LogP contribution in [0.2, 0.25) is 0 Å². The molecule has 0 bridgehead atoms. The molecule has 4 atom stereocenters. The Balaban J connectivity index is 2.74. The van der Waals surface area contributed by atoms with Crippen LogP contribution in [0.15, 0.2) is 0 Å². The summed E-state index contributed by atoms with van der Waals surface area (Å²) in [6, 6.07) is 0. The minimum Gasteiger partial charge on any atom is -0.465 e. The molecular formula is C9H14O6. The summed E-state index contributed by atoms with van der Waals surface area (Å²) in [6.45, 7) is 1.71. The molecule has 0 aromatic rings. The number of hydrogen-bond acceptors (Lipinski definition) is 6. The van der Waals surface area contributed by atoms with Gasteiger partial charge in [0.15, 0.2) is 5.78 Å². The van der Waals surface area contributed by atoms with Gasteiger partial charge in [-0.15, -0.1) is 0 Å². The molecule has 1 unspecified atom stereocenters. The van der Waals surface area contributed by atoms with E-state index >= 15 is 0 Å². The van der Waals surface area contributed by atoms with E-state index in [1.54, 1.807) is 6.92 Å². The second kappa shape index (κ2) is 4.69. The zero-order chi connectivity index (χ0) is 11.6. The quantitative estimate of drug-likeness (QED) is 0.374. The number of rotatable bonds is 2. The van der Waals surface area contributed by atoms with E-state index in [-0.39, 0.29) is 13.0 Å². The Morgan fingerprint density at radius 3 is 2.60 bits per heavy atom. The molecule has 0 saturated heterocycles. The van der Waals surface area contributed by atoms with Crippen LogP contribution in [-0.4, -0.2) is 52.0 Å². The lowest BCUT2D eigenvalue weighted by Gasteiger charge is -2.31. The molecule has 1 aliphatic rings. The highest BCUT2D eigenvalue weighted by Crippen LogP contribution is 2.23. The van der Waals surface area contributed by atoms with Crippen molar-refractivity contribution in [3.63, 3.8) is 0 Å². The molecule has 15 heavy (non-hydrogen) atoms. The van der Waals surface area contributed by atoms with E-state index in [4.69, 9.17) is 0 Å². The van der Waals surface area contributed by atoms with E-state index in [1.165, 1.54) is 0 Å². The summed E-state index contributed by atoms with van der Waals surface area (Å²) in [5, 5.41) is 27.7. The minimum atomic E-state index is -1.72. The second-order valence-corrected chi connectivity index (χ2v) is 3.45. The Hall–Kier alpha value is -0.980. The van der Waals surface area contributed by atoms with Crippen LogP contribution < -0.4 is 0 Å². The average molecular weight is 218 g/mol. The van der Waals surface area contributed by atoms with Gasteiger partial charge in [0.05, 0.1) is 12.7 Å². The Kier molecular flexibility index (Phi) is 3.78. The number of ether oxygens (including phenoxy) is 1. The maximum atomic E-state index is 11.4. The number of aliphatic hydroxyl groups is 3. The largest absolute Gasteiger partial charge is 0.465 e. The van der Waals surface area contributed by atoms with Gasteiger partial charge in [-0.25, -0.2) is 0 Å². The van der Waals surface area contributed by atoms with Gasteiger partial charge in [-0.05, 0) is 13.3 Å². The topological polar surface area (TPSA) is 104 Å². The van der Waals surface area contributed by atoms with Crippen LogP contribution in [-0.2, 0) is 14.3 Å². The molecule has 0 aromatic heterocycles. The van der Waals surface area contributed by atoms with Crippen LogP contribution in [0.3, 0.4) is 0 Å². The molecular weight excluding hydrogens is 204 g/mol. The van der Waals surface area contributed by atoms with E-state index in [9.17, 15) is 24.9 Å². The molecule has 1 fully saturated rings. The van der Waals surface area contributed by atoms with Crippen molar-refractivity contribution >= 4 is 11.8 Å². The molecule has 0 spiro atoms. The number of carbonyl (C=O) groups is 2. The Labute approximate surface area is 86.5 Å². The third-order valence-corrected chi connectivity index (χ3v) is 2.40. The van der Waals surface area contributed by atoms with Crippen molar-refractivity contribution in [1.82, 2.24) is 0 Å². The number of carbonyl (C=O) groups excluding carboxylic acids is 2. The Morgan fingerprint density at radius 1 is 1.47 bits per heavy atom. The van der Waals surface area contributed by atoms with Gasteiger partial charge < -0.3 is 20.1 Å². The van der Waals surface area contributed by atoms with E-state index in [0.29, 0.717) is 0 Å². The predicted octanol–water partition coefficient (Wildman–Crippen LogP) is -1.78. The number of ketones is 1. The maximum Gasteiger partial charge on any atom is 0.316 e. The number of hydrogen-bond donors (Lipinski definition) is 3. The molecule has 6 heteroatoms. The predicted molar refractivity (Wildman–Crippen MR) is 47.8 cm³/mol. The lowest BCUT2D eigenvalue weighted by atomic mass is 9.82. The minimum absolute atomic E-state index is 0.122. The van der Waals surface area contributed by atoms with Gasteiger partial charge >= 0.3 is 5.97 Å². The van der Waals surface area contributed by atoms with Crippen molar-refractivity contribution in [2.75, 3.05) is 6.61 Å². The summed E-state index contributed by atoms with van der Waals surface area (Å²) in [5.41, 5.74) is 0. The summed E-state index contributed by atoms with van der Waals surface area (Å²) in [6.07, 6.45) is -4.74. The summed E-state index contributed by atoms with van der Waals surface area (Å²) in [5.74, 6) is -2.75. The monoisotopic (exact) mass is 218 g/mol. The van der Waals surface area contributed by atoms with Crippen LogP contribution in [0.1, 0.15) is 13.3 Å². The van der Waals surface area contributed by atoms with E-state index in [2.05, 4.69) is 4.74 Å². The molecule has 1 aliphatic carbocycles. The average Bonchev–Trinajstić information content (AvgIpc) is 2.20. The highest BCUT2D eigenvalue weighted by Gasteiger charge is 2.45. The van der Waals surface area contributed by atoms with Crippen LogP contribution in [0.4, 0.5) is 0 Å². The van der Waals surface area contributed by atoms with E-state index < -0.39 is 36.0 Å². The molecule has 86 valence electrons. The molecule has 1 saturated carbocycles.